The average molecular weight is 397 g/mol. The summed E-state index contributed by atoms with van der Waals surface area (Å²) in [6.07, 6.45) is 1.17. The number of carbonyl (C=O) groups excluding carboxylic acids is 1. The molecule has 3 N–H and O–H groups in total. The third kappa shape index (κ3) is 4.71. The van der Waals surface area contributed by atoms with Crippen LogP contribution in [0.2, 0.25) is 0 Å². The van der Waals surface area contributed by atoms with Crippen LogP contribution in [-0.4, -0.2) is 50.6 Å². The van der Waals surface area contributed by atoms with Crippen LogP contribution in [0.25, 0.3) is 11.3 Å². The topological polar surface area (TPSA) is 121 Å². The number of nitrogens with zero attached hydrogens (tertiary/aromatic N) is 1. The lowest BCUT2D eigenvalue weighted by molar-refractivity contribution is -0.117. The zero-order valence-electron chi connectivity index (χ0n) is 14.1. The van der Waals surface area contributed by atoms with Gasteiger partial charge in [0, 0.05) is 17.2 Å². The Kier molecular flexibility index (Phi) is 5.44. The van der Waals surface area contributed by atoms with Crippen molar-refractivity contribution in [3.63, 3.8) is 0 Å². The summed E-state index contributed by atoms with van der Waals surface area (Å²) in [5, 5.41) is 4.83. The van der Waals surface area contributed by atoms with Crippen LogP contribution in [0.1, 0.15) is 6.42 Å². The van der Waals surface area contributed by atoms with Crippen molar-refractivity contribution in [2.45, 2.75) is 12.5 Å². The van der Waals surface area contributed by atoms with Gasteiger partial charge >= 0.3 is 0 Å². The van der Waals surface area contributed by atoms with E-state index in [1.807, 2.05) is 23.6 Å². The van der Waals surface area contributed by atoms with E-state index in [9.17, 15) is 13.2 Å². The molecule has 2 aromatic rings. The lowest BCUT2D eigenvalue weighted by atomic mass is 10.1. The summed E-state index contributed by atoms with van der Waals surface area (Å²) in [6, 6.07) is 4.62. The molecule has 10 heteroatoms. The van der Waals surface area contributed by atoms with Crippen LogP contribution >= 0.6 is 11.3 Å². The first-order valence-corrected chi connectivity index (χ1v) is 10.9. The van der Waals surface area contributed by atoms with Crippen molar-refractivity contribution in [2.75, 3.05) is 30.5 Å². The van der Waals surface area contributed by atoms with Gasteiger partial charge in [0.15, 0.2) is 16.6 Å². The van der Waals surface area contributed by atoms with Gasteiger partial charge in [-0.2, -0.15) is 0 Å². The highest BCUT2D eigenvalue weighted by Gasteiger charge is 2.18. The quantitative estimate of drug-likeness (QED) is 0.753. The van der Waals surface area contributed by atoms with Gasteiger partial charge in [0.1, 0.15) is 23.1 Å². The summed E-state index contributed by atoms with van der Waals surface area (Å²) in [5.41, 5.74) is 7.26. The van der Waals surface area contributed by atoms with Crippen LogP contribution in [-0.2, 0) is 14.6 Å². The standard InChI is InChI=1S/C16H19N3O5S2/c1-26(21,22)7-4-11(17)15(20)19-16-18-12(9-25-16)10-2-3-13-14(8-10)24-6-5-23-13/h2-3,8-9,11H,4-7,17H2,1H3,(H,18,19,20). The fraction of sp³-hybridized carbons (Fsp3) is 0.375. The second-order valence-corrected chi connectivity index (χ2v) is 9.03. The number of rotatable bonds is 6. The van der Waals surface area contributed by atoms with Gasteiger partial charge in [-0.05, 0) is 24.6 Å². The van der Waals surface area contributed by atoms with E-state index in [1.54, 1.807) is 0 Å². The molecule has 1 atom stereocenters. The maximum Gasteiger partial charge on any atom is 0.243 e. The van der Waals surface area contributed by atoms with Crippen molar-refractivity contribution >= 4 is 32.2 Å². The Labute approximate surface area is 155 Å². The Morgan fingerprint density at radius 3 is 2.81 bits per heavy atom. The summed E-state index contributed by atoms with van der Waals surface area (Å²) in [7, 11) is -3.16. The Hall–Kier alpha value is -2.17. The third-order valence-corrected chi connectivity index (χ3v) is 5.44. The summed E-state index contributed by atoms with van der Waals surface area (Å²) < 4.78 is 33.4. The van der Waals surface area contributed by atoms with E-state index in [-0.39, 0.29) is 12.2 Å². The number of nitrogens with two attached hydrogens (primary N) is 1. The number of sulfone groups is 1. The molecular formula is C16H19N3O5S2. The SMILES string of the molecule is CS(=O)(=O)CCC(N)C(=O)Nc1nc(-c2ccc3c(c2)OCCO3)cs1. The molecule has 2 heterocycles. The van der Waals surface area contributed by atoms with Crippen molar-refractivity contribution < 1.29 is 22.7 Å². The molecule has 3 rings (SSSR count). The van der Waals surface area contributed by atoms with Crippen LogP contribution < -0.4 is 20.5 Å². The molecule has 1 aliphatic heterocycles. The number of benzene rings is 1. The Bertz CT molecular complexity index is 910. The molecule has 1 amide bonds. The van der Waals surface area contributed by atoms with Crippen LogP contribution in [0.4, 0.5) is 5.13 Å². The monoisotopic (exact) mass is 397 g/mol. The maximum atomic E-state index is 12.1. The molecule has 1 aromatic heterocycles. The molecule has 0 saturated heterocycles. The molecule has 0 bridgehead atoms. The van der Waals surface area contributed by atoms with Gasteiger partial charge in [-0.25, -0.2) is 13.4 Å². The van der Waals surface area contributed by atoms with E-state index in [2.05, 4.69) is 10.3 Å². The number of anilines is 1. The highest BCUT2D eigenvalue weighted by Crippen LogP contribution is 2.35. The fourth-order valence-corrected chi connectivity index (χ4v) is 3.74. The number of aromatic nitrogens is 1. The largest absolute Gasteiger partial charge is 0.486 e. The van der Waals surface area contributed by atoms with Gasteiger partial charge in [0.05, 0.1) is 17.5 Å². The lowest BCUT2D eigenvalue weighted by Gasteiger charge is -2.18. The first-order chi connectivity index (χ1) is 12.3. The van der Waals surface area contributed by atoms with Crippen molar-refractivity contribution in [1.29, 1.82) is 0 Å². The molecule has 26 heavy (non-hydrogen) atoms. The van der Waals surface area contributed by atoms with E-state index in [0.29, 0.717) is 35.5 Å². The average Bonchev–Trinajstić information content (AvgIpc) is 3.07. The Balaban J connectivity index is 1.65. The van der Waals surface area contributed by atoms with Gasteiger partial charge in [-0.3, -0.25) is 4.79 Å². The fourth-order valence-electron chi connectivity index (χ4n) is 2.34. The Morgan fingerprint density at radius 2 is 2.08 bits per heavy atom. The number of nitrogens with one attached hydrogen (secondary N) is 1. The number of fused-ring (bicyclic) bond motifs is 1. The highest BCUT2D eigenvalue weighted by atomic mass is 32.2. The van der Waals surface area contributed by atoms with Crippen molar-refractivity contribution in [3.05, 3.63) is 23.6 Å². The van der Waals surface area contributed by atoms with Gasteiger partial charge < -0.3 is 20.5 Å². The molecule has 0 spiro atoms. The van der Waals surface area contributed by atoms with Crippen LogP contribution in [0.15, 0.2) is 23.6 Å². The smallest absolute Gasteiger partial charge is 0.243 e. The summed E-state index contributed by atoms with van der Waals surface area (Å²) in [5.74, 6) is 0.759. The van der Waals surface area contributed by atoms with E-state index >= 15 is 0 Å². The predicted octanol–water partition coefficient (Wildman–Crippen LogP) is 1.28. The van der Waals surface area contributed by atoms with Gasteiger partial charge in [0.25, 0.3) is 0 Å². The van der Waals surface area contributed by atoms with Crippen LogP contribution in [0.3, 0.4) is 0 Å². The lowest BCUT2D eigenvalue weighted by Crippen LogP contribution is -2.37. The number of ether oxygens (including phenoxy) is 2. The molecule has 0 radical (unpaired) electrons. The molecule has 0 aliphatic carbocycles. The second-order valence-electron chi connectivity index (χ2n) is 5.91. The summed E-state index contributed by atoms with van der Waals surface area (Å²) in [6.45, 7) is 1.03. The number of carbonyl (C=O) groups is 1. The first-order valence-electron chi connectivity index (χ1n) is 7.91. The molecular weight excluding hydrogens is 378 g/mol. The highest BCUT2D eigenvalue weighted by molar-refractivity contribution is 7.90. The van der Waals surface area contributed by atoms with Gasteiger partial charge in [0.2, 0.25) is 5.91 Å². The maximum absolute atomic E-state index is 12.1. The van der Waals surface area contributed by atoms with E-state index in [4.69, 9.17) is 15.2 Å². The summed E-state index contributed by atoms with van der Waals surface area (Å²) >= 11 is 1.26. The number of hydrogen-bond acceptors (Lipinski definition) is 8. The number of amides is 1. The van der Waals surface area contributed by atoms with E-state index < -0.39 is 21.8 Å². The van der Waals surface area contributed by atoms with Crippen molar-refractivity contribution in [2.24, 2.45) is 5.73 Å². The molecule has 1 aliphatic rings. The van der Waals surface area contributed by atoms with Crippen molar-refractivity contribution in [1.82, 2.24) is 4.98 Å². The Morgan fingerprint density at radius 1 is 1.35 bits per heavy atom. The molecule has 0 saturated carbocycles. The number of thiazole rings is 1. The molecule has 0 fully saturated rings. The van der Waals surface area contributed by atoms with E-state index in [0.717, 1.165) is 11.8 Å². The minimum Gasteiger partial charge on any atom is -0.486 e. The third-order valence-electron chi connectivity index (χ3n) is 3.71. The van der Waals surface area contributed by atoms with Gasteiger partial charge in [-0.15, -0.1) is 11.3 Å². The second kappa shape index (κ2) is 7.60. The van der Waals surface area contributed by atoms with Gasteiger partial charge in [-0.1, -0.05) is 0 Å². The normalized spacial score (nSPS) is 14.7. The predicted molar refractivity (Wildman–Crippen MR) is 99.5 cm³/mol. The minimum atomic E-state index is -3.16. The summed E-state index contributed by atoms with van der Waals surface area (Å²) in [4.78, 5) is 16.4. The molecule has 1 unspecified atom stereocenters. The molecule has 140 valence electrons. The first kappa shape index (κ1) is 18.6. The van der Waals surface area contributed by atoms with Crippen LogP contribution in [0.5, 0.6) is 11.5 Å². The number of hydrogen-bond donors (Lipinski definition) is 2. The van der Waals surface area contributed by atoms with Crippen molar-refractivity contribution in [3.8, 4) is 22.8 Å². The van der Waals surface area contributed by atoms with Crippen LogP contribution in [0, 0.1) is 0 Å². The zero-order chi connectivity index (χ0) is 18.7. The molecule has 1 aromatic carbocycles. The zero-order valence-corrected chi connectivity index (χ0v) is 15.7. The molecule has 8 nitrogen and oxygen atoms in total. The van der Waals surface area contributed by atoms with E-state index in [1.165, 1.54) is 11.3 Å². The minimum absolute atomic E-state index is 0.0606.